The number of rotatable bonds is 9. The van der Waals surface area contributed by atoms with Crippen LogP contribution in [-0.2, 0) is 4.79 Å². The number of carbonyl (C=O) groups is 2. The molecule has 5 nitrogen and oxygen atoms in total. The van der Waals surface area contributed by atoms with Gasteiger partial charge in [0.1, 0.15) is 0 Å². The average Bonchev–Trinajstić information content (AvgIpc) is 2.31. The summed E-state index contributed by atoms with van der Waals surface area (Å²) in [6.07, 6.45) is 1.70. The van der Waals surface area contributed by atoms with Gasteiger partial charge in [-0.3, -0.25) is 4.79 Å². The number of urea groups is 1. The zero-order valence-corrected chi connectivity index (χ0v) is 13.5. The highest BCUT2D eigenvalue weighted by atomic mass is 16.4. The second kappa shape index (κ2) is 9.61. The molecule has 0 spiro atoms. The summed E-state index contributed by atoms with van der Waals surface area (Å²) in [7, 11) is 1.79. The van der Waals surface area contributed by atoms with E-state index in [-0.39, 0.29) is 12.5 Å². The van der Waals surface area contributed by atoms with Crippen molar-refractivity contribution in [1.82, 2.24) is 10.2 Å². The summed E-state index contributed by atoms with van der Waals surface area (Å²) in [4.78, 5) is 24.1. The van der Waals surface area contributed by atoms with Crippen molar-refractivity contribution in [3.8, 4) is 0 Å². The highest BCUT2D eigenvalue weighted by Crippen LogP contribution is 2.20. The molecule has 2 N–H and O–H groups in total. The summed E-state index contributed by atoms with van der Waals surface area (Å²) in [5.74, 6) is 0.461. The zero-order valence-electron chi connectivity index (χ0n) is 13.5. The second-order valence-electron chi connectivity index (χ2n) is 6.23. The Morgan fingerprint density at radius 3 is 2.20 bits per heavy atom. The summed E-state index contributed by atoms with van der Waals surface area (Å²) in [6, 6.07) is -0.0561. The van der Waals surface area contributed by atoms with Crippen molar-refractivity contribution >= 4 is 12.0 Å². The molecule has 118 valence electrons. The largest absolute Gasteiger partial charge is 0.481 e. The van der Waals surface area contributed by atoms with Crippen LogP contribution in [0.4, 0.5) is 4.79 Å². The van der Waals surface area contributed by atoms with E-state index >= 15 is 0 Å². The number of nitrogens with one attached hydrogen (secondary N) is 1. The standard InChI is InChI=1S/C15H30N2O3/c1-11(2)10-17(5)15(20)16-9-8-13(12(3)4)6-7-14(18)19/h11-13H,6-10H2,1-5H3,(H,16,20)(H,18,19). The first-order valence-electron chi connectivity index (χ1n) is 7.44. The highest BCUT2D eigenvalue weighted by molar-refractivity contribution is 5.73. The topological polar surface area (TPSA) is 69.6 Å². The maximum Gasteiger partial charge on any atom is 0.317 e. The number of carboxylic acid groups (broad SMARTS) is 1. The van der Waals surface area contributed by atoms with Crippen molar-refractivity contribution in [2.45, 2.75) is 47.0 Å². The van der Waals surface area contributed by atoms with Gasteiger partial charge in [0, 0.05) is 26.6 Å². The van der Waals surface area contributed by atoms with Gasteiger partial charge in [-0.2, -0.15) is 0 Å². The van der Waals surface area contributed by atoms with Crippen molar-refractivity contribution in [2.24, 2.45) is 17.8 Å². The Morgan fingerprint density at radius 2 is 1.75 bits per heavy atom. The van der Waals surface area contributed by atoms with E-state index in [4.69, 9.17) is 5.11 Å². The number of hydrogen-bond acceptors (Lipinski definition) is 2. The van der Waals surface area contributed by atoms with Crippen LogP contribution in [0.2, 0.25) is 0 Å². The minimum atomic E-state index is -0.753. The Bertz CT molecular complexity index is 303. The van der Waals surface area contributed by atoms with Gasteiger partial charge < -0.3 is 15.3 Å². The van der Waals surface area contributed by atoms with Gasteiger partial charge in [0.2, 0.25) is 0 Å². The lowest BCUT2D eigenvalue weighted by atomic mass is 9.88. The molecular weight excluding hydrogens is 256 g/mol. The van der Waals surface area contributed by atoms with E-state index in [1.54, 1.807) is 11.9 Å². The zero-order chi connectivity index (χ0) is 15.7. The SMILES string of the molecule is CC(C)CN(C)C(=O)NCCC(CCC(=O)O)C(C)C. The van der Waals surface area contributed by atoms with Crippen LogP contribution in [0.5, 0.6) is 0 Å². The summed E-state index contributed by atoms with van der Waals surface area (Å²) in [5, 5.41) is 11.6. The number of carbonyl (C=O) groups excluding carboxylic acids is 1. The molecule has 0 radical (unpaired) electrons. The number of carboxylic acids is 1. The molecule has 5 heteroatoms. The van der Waals surface area contributed by atoms with Gasteiger partial charge in [-0.25, -0.2) is 4.79 Å². The van der Waals surface area contributed by atoms with Crippen LogP contribution in [0, 0.1) is 17.8 Å². The molecule has 1 unspecified atom stereocenters. The number of hydrogen-bond donors (Lipinski definition) is 2. The lowest BCUT2D eigenvalue weighted by Crippen LogP contribution is -2.40. The molecule has 0 saturated heterocycles. The van der Waals surface area contributed by atoms with Gasteiger partial charge >= 0.3 is 12.0 Å². The molecule has 0 aromatic rings. The minimum absolute atomic E-state index is 0.0561. The van der Waals surface area contributed by atoms with Gasteiger partial charge in [-0.05, 0) is 30.6 Å². The molecule has 0 bridgehead atoms. The molecule has 2 amide bonds. The van der Waals surface area contributed by atoms with E-state index in [1.165, 1.54) is 0 Å². The smallest absolute Gasteiger partial charge is 0.317 e. The fraction of sp³-hybridized carbons (Fsp3) is 0.867. The molecule has 0 saturated carbocycles. The molecular formula is C15H30N2O3. The Hall–Kier alpha value is -1.26. The number of aliphatic carboxylic acids is 1. The maximum atomic E-state index is 11.8. The van der Waals surface area contributed by atoms with Gasteiger partial charge in [-0.15, -0.1) is 0 Å². The van der Waals surface area contributed by atoms with Crippen molar-refractivity contribution in [2.75, 3.05) is 20.1 Å². The van der Waals surface area contributed by atoms with Crippen LogP contribution in [-0.4, -0.2) is 42.1 Å². The maximum absolute atomic E-state index is 11.8. The molecule has 0 heterocycles. The van der Waals surface area contributed by atoms with E-state index < -0.39 is 5.97 Å². The van der Waals surface area contributed by atoms with Crippen molar-refractivity contribution in [3.05, 3.63) is 0 Å². The van der Waals surface area contributed by atoms with E-state index in [2.05, 4.69) is 33.0 Å². The number of amides is 2. The summed E-state index contributed by atoms with van der Waals surface area (Å²) in [6.45, 7) is 9.68. The summed E-state index contributed by atoms with van der Waals surface area (Å²) < 4.78 is 0. The third kappa shape index (κ3) is 8.77. The first-order valence-corrected chi connectivity index (χ1v) is 7.44. The van der Waals surface area contributed by atoms with Crippen molar-refractivity contribution in [3.63, 3.8) is 0 Å². The van der Waals surface area contributed by atoms with Crippen LogP contribution in [0.3, 0.4) is 0 Å². The fourth-order valence-corrected chi connectivity index (χ4v) is 2.25. The first kappa shape index (κ1) is 18.7. The molecule has 0 fully saturated rings. The summed E-state index contributed by atoms with van der Waals surface area (Å²) in [5.41, 5.74) is 0. The lowest BCUT2D eigenvalue weighted by Gasteiger charge is -2.23. The van der Waals surface area contributed by atoms with E-state index in [0.717, 1.165) is 13.0 Å². The average molecular weight is 286 g/mol. The number of nitrogens with zero attached hydrogens (tertiary/aromatic N) is 1. The molecule has 0 aliphatic carbocycles. The van der Waals surface area contributed by atoms with Gasteiger partial charge in [0.25, 0.3) is 0 Å². The molecule has 0 aliphatic heterocycles. The van der Waals surface area contributed by atoms with E-state index in [0.29, 0.717) is 30.7 Å². The third-order valence-electron chi connectivity index (χ3n) is 3.45. The van der Waals surface area contributed by atoms with Gasteiger partial charge in [-0.1, -0.05) is 27.7 Å². The molecule has 0 aliphatic rings. The Morgan fingerprint density at radius 1 is 1.15 bits per heavy atom. The minimum Gasteiger partial charge on any atom is -0.481 e. The van der Waals surface area contributed by atoms with Crippen LogP contribution in [0.15, 0.2) is 0 Å². The normalized spacial score (nSPS) is 12.6. The fourth-order valence-electron chi connectivity index (χ4n) is 2.25. The molecule has 20 heavy (non-hydrogen) atoms. The predicted molar refractivity (Wildman–Crippen MR) is 80.7 cm³/mol. The third-order valence-corrected chi connectivity index (χ3v) is 3.45. The van der Waals surface area contributed by atoms with Crippen LogP contribution >= 0.6 is 0 Å². The Kier molecular flexibility index (Phi) is 9.01. The molecule has 0 aromatic carbocycles. The van der Waals surface area contributed by atoms with Crippen molar-refractivity contribution in [1.29, 1.82) is 0 Å². The van der Waals surface area contributed by atoms with Crippen LogP contribution in [0.25, 0.3) is 0 Å². The van der Waals surface area contributed by atoms with Crippen LogP contribution in [0.1, 0.15) is 47.0 Å². The Labute approximate surface area is 122 Å². The summed E-state index contributed by atoms with van der Waals surface area (Å²) >= 11 is 0. The van der Waals surface area contributed by atoms with Crippen LogP contribution < -0.4 is 5.32 Å². The lowest BCUT2D eigenvalue weighted by molar-refractivity contribution is -0.137. The quantitative estimate of drug-likeness (QED) is 0.684. The first-order chi connectivity index (χ1) is 9.23. The van der Waals surface area contributed by atoms with Crippen molar-refractivity contribution < 1.29 is 14.7 Å². The Balaban J connectivity index is 4.04. The predicted octanol–water partition coefficient (Wildman–Crippen LogP) is 2.81. The molecule has 0 aromatic heterocycles. The second-order valence-corrected chi connectivity index (χ2v) is 6.23. The van der Waals surface area contributed by atoms with E-state index in [1.807, 2.05) is 0 Å². The molecule has 0 rings (SSSR count). The van der Waals surface area contributed by atoms with E-state index in [9.17, 15) is 9.59 Å². The van der Waals surface area contributed by atoms with Gasteiger partial charge in [0.05, 0.1) is 0 Å². The highest BCUT2D eigenvalue weighted by Gasteiger charge is 2.16. The molecule has 1 atom stereocenters. The monoisotopic (exact) mass is 286 g/mol. The van der Waals surface area contributed by atoms with Gasteiger partial charge in [0.15, 0.2) is 0 Å².